The molecule has 4 heteroatoms. The Bertz CT molecular complexity index is 1430. The van der Waals surface area contributed by atoms with Crippen molar-refractivity contribution in [3.05, 3.63) is 78.5 Å². The Morgan fingerprint density at radius 3 is 2.55 bits per heavy atom. The van der Waals surface area contributed by atoms with Gasteiger partial charge in [-0.25, -0.2) is 0 Å². The Hall–Kier alpha value is -3.00. The van der Waals surface area contributed by atoms with E-state index in [9.17, 15) is 0 Å². The second kappa shape index (κ2) is 7.02. The quantitative estimate of drug-likeness (QED) is 0.326. The number of rotatable bonds is 3. The van der Waals surface area contributed by atoms with Crippen molar-refractivity contribution in [1.29, 1.82) is 0 Å². The van der Waals surface area contributed by atoms with Crippen LogP contribution < -0.4 is 0 Å². The minimum Gasteiger partial charge on any atom is -0.455 e. The number of hydrogen-bond donors (Lipinski definition) is 0. The highest BCUT2D eigenvalue weighted by atomic mass is 16.3. The molecular weight excluding hydrogens is 376 g/mol. The summed E-state index contributed by atoms with van der Waals surface area (Å²) in [6, 6.07) is 22.8. The van der Waals surface area contributed by atoms with Gasteiger partial charge in [0.05, 0.1) is 21.4 Å². The van der Waals surface area contributed by atoms with Crippen LogP contribution in [-0.2, 0) is 5.21 Å². The molecule has 0 N–H and O–H groups in total. The molecule has 2 heterocycles. The standard InChI is InChI=1S/C27H21B2NO/c28-27(29,18-7-2-3-8-18)19-14-15-30-23(16-19)21-10-5-11-22-25-20-9-4-1-6-17(20)12-13-24(25)31-26(21)22/h1,4-6,9-16,18H,2-3,7-8H2. The molecule has 2 aromatic heterocycles. The maximum Gasteiger partial charge on any atom is 0.144 e. The average molecular weight is 397 g/mol. The molecule has 2 nitrogen and oxygen atoms in total. The molecule has 0 saturated heterocycles. The topological polar surface area (TPSA) is 26.0 Å². The third kappa shape index (κ3) is 2.92. The van der Waals surface area contributed by atoms with Gasteiger partial charge >= 0.3 is 0 Å². The Morgan fingerprint density at radius 2 is 1.68 bits per heavy atom. The minimum atomic E-state index is -0.841. The molecule has 0 amide bonds. The molecule has 0 aliphatic heterocycles. The van der Waals surface area contributed by atoms with Gasteiger partial charge in [-0.15, -0.1) is 0 Å². The third-order valence-electron chi connectivity index (χ3n) is 6.95. The first-order valence-electron chi connectivity index (χ1n) is 11.0. The van der Waals surface area contributed by atoms with Crippen LogP contribution in [-0.4, -0.2) is 20.7 Å². The number of para-hydroxylation sites is 1. The Balaban J connectivity index is 1.55. The Morgan fingerprint density at radius 1 is 0.871 bits per heavy atom. The van der Waals surface area contributed by atoms with Crippen molar-refractivity contribution in [2.75, 3.05) is 0 Å². The fourth-order valence-electron chi connectivity index (χ4n) is 5.26. The third-order valence-corrected chi connectivity index (χ3v) is 6.95. The fourth-order valence-corrected chi connectivity index (χ4v) is 5.26. The molecule has 4 radical (unpaired) electrons. The second-order valence-corrected chi connectivity index (χ2v) is 8.79. The van der Waals surface area contributed by atoms with E-state index in [0.717, 1.165) is 51.6 Å². The molecule has 1 saturated carbocycles. The van der Waals surface area contributed by atoms with Crippen LogP contribution in [0.2, 0.25) is 0 Å². The van der Waals surface area contributed by atoms with Gasteiger partial charge < -0.3 is 4.42 Å². The van der Waals surface area contributed by atoms with E-state index in [1.807, 2.05) is 18.3 Å². The van der Waals surface area contributed by atoms with Gasteiger partial charge in [0.25, 0.3) is 0 Å². The number of furan rings is 1. The summed E-state index contributed by atoms with van der Waals surface area (Å²) in [5.41, 5.74) is 4.46. The van der Waals surface area contributed by atoms with Gasteiger partial charge in [0.2, 0.25) is 0 Å². The monoisotopic (exact) mass is 397 g/mol. The van der Waals surface area contributed by atoms with E-state index in [1.165, 1.54) is 23.6 Å². The van der Waals surface area contributed by atoms with Gasteiger partial charge in [0.1, 0.15) is 11.2 Å². The van der Waals surface area contributed by atoms with Crippen LogP contribution in [0.1, 0.15) is 31.2 Å². The zero-order valence-corrected chi connectivity index (χ0v) is 17.3. The van der Waals surface area contributed by atoms with E-state index in [4.69, 9.17) is 20.1 Å². The lowest BCUT2D eigenvalue weighted by Gasteiger charge is -2.33. The van der Waals surface area contributed by atoms with Gasteiger partial charge in [-0.1, -0.05) is 78.9 Å². The average Bonchev–Trinajstić information content (AvgIpc) is 3.47. The van der Waals surface area contributed by atoms with E-state index in [0.29, 0.717) is 5.92 Å². The molecule has 1 aliphatic rings. The number of hydrogen-bond acceptors (Lipinski definition) is 2. The van der Waals surface area contributed by atoms with Crippen LogP contribution in [0.25, 0.3) is 44.0 Å². The first kappa shape index (κ1) is 18.7. The van der Waals surface area contributed by atoms with Crippen molar-refractivity contribution in [2.45, 2.75) is 30.9 Å². The molecule has 1 aliphatic carbocycles. The molecule has 1 fully saturated rings. The van der Waals surface area contributed by atoms with Crippen LogP contribution in [0.3, 0.4) is 0 Å². The van der Waals surface area contributed by atoms with Crippen molar-refractivity contribution < 1.29 is 4.42 Å². The van der Waals surface area contributed by atoms with Crippen molar-refractivity contribution in [3.63, 3.8) is 0 Å². The van der Waals surface area contributed by atoms with Crippen LogP contribution in [0.4, 0.5) is 0 Å². The van der Waals surface area contributed by atoms with E-state index < -0.39 is 5.21 Å². The highest BCUT2D eigenvalue weighted by Crippen LogP contribution is 2.41. The first-order chi connectivity index (χ1) is 15.1. The SMILES string of the molecule is [B]C([B])(c1ccnc(-c2cccc3c2oc2ccc4ccccc4c23)c1)C1CCCC1. The maximum absolute atomic E-state index is 6.65. The highest BCUT2D eigenvalue weighted by molar-refractivity contribution is 6.40. The highest BCUT2D eigenvalue weighted by Gasteiger charge is 2.32. The summed E-state index contributed by atoms with van der Waals surface area (Å²) >= 11 is 0. The minimum absolute atomic E-state index is 0.302. The zero-order valence-electron chi connectivity index (χ0n) is 17.3. The molecule has 0 spiro atoms. The zero-order chi connectivity index (χ0) is 21.0. The summed E-state index contributed by atoms with van der Waals surface area (Å²) in [6.07, 6.45) is 6.37. The van der Waals surface area contributed by atoms with Crippen molar-refractivity contribution in [3.8, 4) is 11.3 Å². The number of aromatic nitrogens is 1. The van der Waals surface area contributed by atoms with Gasteiger partial charge in [-0.05, 0) is 41.0 Å². The smallest absolute Gasteiger partial charge is 0.144 e. The van der Waals surface area contributed by atoms with Gasteiger partial charge in [0.15, 0.2) is 0 Å². The van der Waals surface area contributed by atoms with Crippen LogP contribution in [0.5, 0.6) is 0 Å². The lowest BCUT2D eigenvalue weighted by atomic mass is 9.45. The Kier molecular flexibility index (Phi) is 4.24. The summed E-state index contributed by atoms with van der Waals surface area (Å²) in [5, 5.41) is 3.80. The Labute approximate surface area is 184 Å². The molecule has 3 aromatic carbocycles. The number of pyridine rings is 1. The lowest BCUT2D eigenvalue weighted by Crippen LogP contribution is -2.35. The van der Waals surface area contributed by atoms with Crippen molar-refractivity contribution >= 4 is 48.4 Å². The molecule has 0 bridgehead atoms. The fraction of sp³-hybridized carbons (Fsp3) is 0.222. The molecule has 31 heavy (non-hydrogen) atoms. The molecule has 146 valence electrons. The van der Waals surface area contributed by atoms with Gasteiger partial charge in [0, 0.05) is 22.5 Å². The molecule has 6 rings (SSSR count). The number of nitrogens with zero attached hydrogens (tertiary/aromatic N) is 1. The summed E-state index contributed by atoms with van der Waals surface area (Å²) in [7, 11) is 13.3. The first-order valence-corrected chi connectivity index (χ1v) is 11.0. The van der Waals surface area contributed by atoms with E-state index in [-0.39, 0.29) is 0 Å². The van der Waals surface area contributed by atoms with Crippen LogP contribution >= 0.6 is 0 Å². The van der Waals surface area contributed by atoms with Gasteiger partial charge in [-0.2, -0.15) is 0 Å². The predicted octanol–water partition coefficient (Wildman–Crippen LogP) is 6.48. The largest absolute Gasteiger partial charge is 0.455 e. The van der Waals surface area contributed by atoms with E-state index >= 15 is 0 Å². The summed E-state index contributed by atoms with van der Waals surface area (Å²) < 4.78 is 6.37. The van der Waals surface area contributed by atoms with Crippen LogP contribution in [0, 0.1) is 5.92 Å². The number of fused-ring (bicyclic) bond motifs is 5. The normalized spacial score (nSPS) is 15.4. The maximum atomic E-state index is 6.65. The lowest BCUT2D eigenvalue weighted by molar-refractivity contribution is 0.486. The molecule has 5 aromatic rings. The predicted molar refractivity (Wildman–Crippen MR) is 130 cm³/mol. The van der Waals surface area contributed by atoms with Crippen LogP contribution in [0.15, 0.2) is 77.3 Å². The van der Waals surface area contributed by atoms with E-state index in [1.54, 1.807) is 0 Å². The van der Waals surface area contributed by atoms with Crippen molar-refractivity contribution in [2.24, 2.45) is 5.92 Å². The summed E-state index contributed by atoms with van der Waals surface area (Å²) in [6.45, 7) is 0. The molecule has 0 atom stereocenters. The number of benzene rings is 3. The summed E-state index contributed by atoms with van der Waals surface area (Å²) in [5.74, 6) is 0.302. The molecule has 0 unspecified atom stereocenters. The van der Waals surface area contributed by atoms with Gasteiger partial charge in [-0.3, -0.25) is 4.98 Å². The molecular formula is C27H21B2NO. The summed E-state index contributed by atoms with van der Waals surface area (Å²) in [4.78, 5) is 4.66. The van der Waals surface area contributed by atoms with Crippen molar-refractivity contribution in [1.82, 2.24) is 4.98 Å². The van der Waals surface area contributed by atoms with E-state index in [2.05, 4.69) is 59.6 Å². The second-order valence-electron chi connectivity index (χ2n) is 8.79.